The van der Waals surface area contributed by atoms with Gasteiger partial charge in [0.15, 0.2) is 11.6 Å². The zero-order valence-electron chi connectivity index (χ0n) is 10.3. The summed E-state index contributed by atoms with van der Waals surface area (Å²) in [4.78, 5) is 0. The van der Waals surface area contributed by atoms with Gasteiger partial charge in [-0.1, -0.05) is 13.8 Å². The Balaban J connectivity index is 3.09. The summed E-state index contributed by atoms with van der Waals surface area (Å²) in [5.74, 6) is -1.13. The summed E-state index contributed by atoms with van der Waals surface area (Å²) >= 11 is 0. The van der Waals surface area contributed by atoms with Crippen LogP contribution in [0.15, 0.2) is 12.1 Å². The first-order chi connectivity index (χ1) is 7.92. The zero-order valence-corrected chi connectivity index (χ0v) is 10.3. The van der Waals surface area contributed by atoms with E-state index in [1.54, 1.807) is 0 Å². The summed E-state index contributed by atoms with van der Waals surface area (Å²) in [7, 11) is 1.30. The molecule has 5 heteroatoms. The van der Waals surface area contributed by atoms with Crippen molar-refractivity contribution in [2.45, 2.75) is 19.3 Å². The molecule has 3 nitrogen and oxygen atoms in total. The van der Waals surface area contributed by atoms with Gasteiger partial charge in [-0.3, -0.25) is 0 Å². The second-order valence-corrected chi connectivity index (χ2v) is 4.48. The molecule has 0 fully saturated rings. The van der Waals surface area contributed by atoms with Crippen LogP contribution in [0.5, 0.6) is 5.75 Å². The molecule has 0 aliphatic heterocycles. The van der Waals surface area contributed by atoms with Crippen molar-refractivity contribution in [3.05, 3.63) is 29.3 Å². The second-order valence-electron chi connectivity index (χ2n) is 4.48. The molecule has 0 saturated heterocycles. The summed E-state index contributed by atoms with van der Waals surface area (Å²) in [5.41, 5.74) is 5.09. The zero-order chi connectivity index (χ0) is 13.1. The van der Waals surface area contributed by atoms with Gasteiger partial charge in [-0.25, -0.2) is 8.78 Å². The summed E-state index contributed by atoms with van der Waals surface area (Å²) in [6, 6.07) is 2.24. The molecular formula is C12H18F2N2O. The molecule has 0 saturated carbocycles. The first-order valence-electron chi connectivity index (χ1n) is 5.36. The number of nitrogens with two attached hydrogens (primary N) is 1. The number of methoxy groups -OCH3 is 1. The predicted molar refractivity (Wildman–Crippen MR) is 63.0 cm³/mol. The van der Waals surface area contributed by atoms with Gasteiger partial charge in [0.2, 0.25) is 0 Å². The summed E-state index contributed by atoms with van der Waals surface area (Å²) in [6.07, 6.45) is 0. The van der Waals surface area contributed by atoms with E-state index in [2.05, 4.69) is 5.32 Å². The normalized spacial score (nSPS) is 11.6. The van der Waals surface area contributed by atoms with Crippen molar-refractivity contribution >= 4 is 0 Å². The highest BCUT2D eigenvalue weighted by Crippen LogP contribution is 2.30. The smallest absolute Gasteiger partial charge is 0.165 e. The minimum atomic E-state index is -0.565. The van der Waals surface area contributed by atoms with Gasteiger partial charge >= 0.3 is 0 Å². The lowest BCUT2D eigenvalue weighted by atomic mass is 9.84. The van der Waals surface area contributed by atoms with Crippen LogP contribution in [0.3, 0.4) is 0 Å². The number of hydrogen-bond donors (Lipinski definition) is 2. The van der Waals surface area contributed by atoms with Crippen LogP contribution in [0.2, 0.25) is 0 Å². The molecule has 0 atom stereocenters. The van der Waals surface area contributed by atoms with E-state index in [0.29, 0.717) is 18.8 Å². The Morgan fingerprint density at radius 1 is 1.29 bits per heavy atom. The van der Waals surface area contributed by atoms with E-state index >= 15 is 0 Å². The molecule has 1 rings (SSSR count). The molecule has 0 radical (unpaired) electrons. The topological polar surface area (TPSA) is 47.3 Å². The number of benzene rings is 1. The van der Waals surface area contributed by atoms with E-state index in [1.165, 1.54) is 13.2 Å². The Morgan fingerprint density at radius 2 is 1.94 bits per heavy atom. The van der Waals surface area contributed by atoms with E-state index in [9.17, 15) is 8.78 Å². The van der Waals surface area contributed by atoms with Crippen LogP contribution in [0, 0.1) is 11.6 Å². The van der Waals surface area contributed by atoms with Crippen LogP contribution in [-0.4, -0.2) is 20.3 Å². The maximum Gasteiger partial charge on any atom is 0.165 e. The van der Waals surface area contributed by atoms with E-state index in [-0.39, 0.29) is 5.75 Å². The highest BCUT2D eigenvalue weighted by molar-refractivity contribution is 5.35. The van der Waals surface area contributed by atoms with Crippen LogP contribution < -0.4 is 15.8 Å². The van der Waals surface area contributed by atoms with Gasteiger partial charge in [-0.2, -0.15) is 0 Å². The molecule has 1 aromatic rings. The lowest BCUT2D eigenvalue weighted by Crippen LogP contribution is -2.36. The fourth-order valence-electron chi connectivity index (χ4n) is 1.68. The Bertz CT molecular complexity index is 394. The third kappa shape index (κ3) is 3.14. The molecule has 3 N–H and O–H groups in total. The summed E-state index contributed by atoms with van der Waals surface area (Å²) < 4.78 is 32.1. The second kappa shape index (κ2) is 5.42. The number of rotatable bonds is 5. The Labute approximate surface area is 100.0 Å². The molecule has 17 heavy (non-hydrogen) atoms. The Kier molecular flexibility index (Phi) is 4.42. The maximum atomic E-state index is 13.8. The highest BCUT2D eigenvalue weighted by Gasteiger charge is 2.25. The lowest BCUT2D eigenvalue weighted by molar-refractivity contribution is 0.376. The quantitative estimate of drug-likeness (QED) is 0.776. The van der Waals surface area contributed by atoms with Gasteiger partial charge in [0.05, 0.1) is 7.11 Å². The molecule has 0 spiro atoms. The Morgan fingerprint density at radius 3 is 2.47 bits per heavy atom. The monoisotopic (exact) mass is 244 g/mol. The molecule has 0 unspecified atom stereocenters. The van der Waals surface area contributed by atoms with Crippen molar-refractivity contribution in [1.82, 2.24) is 5.32 Å². The minimum absolute atomic E-state index is 0.0890. The molecule has 0 heterocycles. The van der Waals surface area contributed by atoms with Gasteiger partial charge in [0.1, 0.15) is 5.82 Å². The SMILES string of the molecule is COc1cc(F)c(C(C)(C)CNCN)cc1F. The van der Waals surface area contributed by atoms with Gasteiger partial charge < -0.3 is 15.8 Å². The average Bonchev–Trinajstić information content (AvgIpc) is 2.28. The first-order valence-corrected chi connectivity index (χ1v) is 5.36. The number of halogens is 2. The van der Waals surface area contributed by atoms with Crippen molar-refractivity contribution in [2.75, 3.05) is 20.3 Å². The molecule has 96 valence electrons. The molecule has 1 aromatic carbocycles. The van der Waals surface area contributed by atoms with Gasteiger partial charge in [0, 0.05) is 24.7 Å². The number of nitrogens with one attached hydrogen (secondary N) is 1. The third-order valence-corrected chi connectivity index (χ3v) is 2.68. The molecular weight excluding hydrogens is 226 g/mol. The van der Waals surface area contributed by atoms with E-state index in [0.717, 1.165) is 6.07 Å². The summed E-state index contributed by atoms with van der Waals surface area (Å²) in [6.45, 7) is 4.40. The van der Waals surface area contributed by atoms with Crippen molar-refractivity contribution in [2.24, 2.45) is 5.73 Å². The van der Waals surface area contributed by atoms with Crippen molar-refractivity contribution in [3.63, 3.8) is 0 Å². The van der Waals surface area contributed by atoms with Crippen LogP contribution in [0.4, 0.5) is 8.78 Å². The third-order valence-electron chi connectivity index (χ3n) is 2.68. The molecule has 0 aromatic heterocycles. The molecule has 0 amide bonds. The number of hydrogen-bond acceptors (Lipinski definition) is 3. The van der Waals surface area contributed by atoms with Crippen molar-refractivity contribution in [1.29, 1.82) is 0 Å². The minimum Gasteiger partial charge on any atom is -0.494 e. The number of ether oxygens (including phenoxy) is 1. The largest absolute Gasteiger partial charge is 0.494 e. The highest BCUT2D eigenvalue weighted by atomic mass is 19.1. The van der Waals surface area contributed by atoms with E-state index in [1.807, 2.05) is 13.8 Å². The van der Waals surface area contributed by atoms with Crippen molar-refractivity contribution in [3.8, 4) is 5.75 Å². The maximum absolute atomic E-state index is 13.8. The fourth-order valence-corrected chi connectivity index (χ4v) is 1.68. The van der Waals surface area contributed by atoms with Crippen LogP contribution >= 0.6 is 0 Å². The predicted octanol–water partition coefficient (Wildman–Crippen LogP) is 1.76. The summed E-state index contributed by atoms with van der Waals surface area (Å²) in [5, 5.41) is 2.92. The van der Waals surface area contributed by atoms with E-state index in [4.69, 9.17) is 10.5 Å². The van der Waals surface area contributed by atoms with Gasteiger partial charge in [-0.05, 0) is 11.6 Å². The van der Waals surface area contributed by atoms with Gasteiger partial charge in [0.25, 0.3) is 0 Å². The molecule has 0 aliphatic carbocycles. The van der Waals surface area contributed by atoms with Crippen molar-refractivity contribution < 1.29 is 13.5 Å². The standard InChI is InChI=1S/C12H18F2N2O/c1-12(2,6-16-7-15)8-4-10(14)11(17-3)5-9(8)13/h4-5,16H,6-7,15H2,1-3H3. The Hall–Kier alpha value is -1.20. The molecule has 0 bridgehead atoms. The fraction of sp³-hybridized carbons (Fsp3) is 0.500. The van der Waals surface area contributed by atoms with E-state index < -0.39 is 17.0 Å². The first kappa shape index (κ1) is 13.9. The van der Waals surface area contributed by atoms with Gasteiger partial charge in [-0.15, -0.1) is 0 Å². The van der Waals surface area contributed by atoms with Crippen LogP contribution in [0.25, 0.3) is 0 Å². The average molecular weight is 244 g/mol. The van der Waals surface area contributed by atoms with Crippen LogP contribution in [-0.2, 0) is 5.41 Å². The molecule has 0 aliphatic rings. The lowest BCUT2D eigenvalue weighted by Gasteiger charge is -2.26. The van der Waals surface area contributed by atoms with Crippen LogP contribution in [0.1, 0.15) is 19.4 Å².